The molecule has 16 heavy (non-hydrogen) atoms. The van der Waals surface area contributed by atoms with E-state index in [-0.39, 0.29) is 5.92 Å². The Morgan fingerprint density at radius 1 is 1.38 bits per heavy atom. The van der Waals surface area contributed by atoms with E-state index in [1.807, 2.05) is 6.92 Å². The fourth-order valence-electron chi connectivity index (χ4n) is 1.64. The smallest absolute Gasteiger partial charge is 0.307 e. The second-order valence-corrected chi connectivity index (χ2v) is 4.47. The van der Waals surface area contributed by atoms with Crippen molar-refractivity contribution in [1.29, 1.82) is 0 Å². The third kappa shape index (κ3) is 3.29. The number of aromatic nitrogens is 4. The third-order valence-electron chi connectivity index (χ3n) is 2.74. The first-order chi connectivity index (χ1) is 7.52. The summed E-state index contributed by atoms with van der Waals surface area (Å²) in [6, 6.07) is 0. The molecule has 0 aromatic carbocycles. The minimum Gasteiger partial charge on any atom is -0.481 e. The summed E-state index contributed by atoms with van der Waals surface area (Å²) in [5, 5.41) is 22.6. The fourth-order valence-corrected chi connectivity index (χ4v) is 1.64. The van der Waals surface area contributed by atoms with Crippen LogP contribution in [0.3, 0.4) is 0 Å². The van der Waals surface area contributed by atoms with Gasteiger partial charge in [-0.05, 0) is 12.3 Å². The minimum atomic E-state index is -0.794. The molecule has 0 saturated heterocycles. The zero-order chi connectivity index (χ0) is 12.1. The van der Waals surface area contributed by atoms with Gasteiger partial charge in [0.2, 0.25) is 0 Å². The lowest BCUT2D eigenvalue weighted by Gasteiger charge is -2.17. The SMILES string of the molecule is CC(C)CCC(C(=O)O)C(C)c1nn[nH]n1. The van der Waals surface area contributed by atoms with Crippen molar-refractivity contribution in [3.05, 3.63) is 5.82 Å². The van der Waals surface area contributed by atoms with Gasteiger partial charge in [-0.3, -0.25) is 4.79 Å². The van der Waals surface area contributed by atoms with E-state index in [2.05, 4.69) is 34.5 Å². The fraction of sp³-hybridized carbons (Fsp3) is 0.800. The van der Waals surface area contributed by atoms with Crippen LogP contribution in [-0.4, -0.2) is 31.7 Å². The van der Waals surface area contributed by atoms with E-state index in [1.54, 1.807) is 0 Å². The molecule has 1 heterocycles. The van der Waals surface area contributed by atoms with Gasteiger partial charge in [-0.1, -0.05) is 32.4 Å². The number of hydrogen-bond acceptors (Lipinski definition) is 4. The van der Waals surface area contributed by atoms with Crippen molar-refractivity contribution in [1.82, 2.24) is 20.6 Å². The van der Waals surface area contributed by atoms with E-state index in [4.69, 9.17) is 5.11 Å². The average Bonchev–Trinajstić information content (AvgIpc) is 2.69. The number of rotatable bonds is 6. The summed E-state index contributed by atoms with van der Waals surface area (Å²) in [5.74, 6) is -0.483. The highest BCUT2D eigenvalue weighted by molar-refractivity contribution is 5.71. The van der Waals surface area contributed by atoms with Crippen LogP contribution >= 0.6 is 0 Å². The molecule has 2 unspecified atom stereocenters. The lowest BCUT2D eigenvalue weighted by molar-refractivity contribution is -0.142. The molecule has 0 aliphatic rings. The molecular weight excluding hydrogens is 208 g/mol. The number of aliphatic carboxylic acids is 1. The Bertz CT molecular complexity index is 324. The summed E-state index contributed by atoms with van der Waals surface area (Å²) in [7, 11) is 0. The number of tetrazole rings is 1. The van der Waals surface area contributed by atoms with Crippen LogP contribution in [0.5, 0.6) is 0 Å². The molecule has 6 nitrogen and oxygen atoms in total. The van der Waals surface area contributed by atoms with Crippen LogP contribution in [0.4, 0.5) is 0 Å². The number of nitrogens with zero attached hydrogens (tertiary/aromatic N) is 3. The highest BCUT2D eigenvalue weighted by Gasteiger charge is 2.28. The van der Waals surface area contributed by atoms with Crippen LogP contribution in [0.25, 0.3) is 0 Å². The van der Waals surface area contributed by atoms with Gasteiger partial charge in [-0.15, -0.1) is 10.2 Å². The molecule has 2 N–H and O–H groups in total. The molecule has 1 aromatic heterocycles. The van der Waals surface area contributed by atoms with Crippen LogP contribution in [0.1, 0.15) is 45.4 Å². The van der Waals surface area contributed by atoms with Crippen molar-refractivity contribution >= 4 is 5.97 Å². The number of nitrogens with one attached hydrogen (secondary N) is 1. The number of hydrogen-bond donors (Lipinski definition) is 2. The Kier molecular flexibility index (Phi) is 4.39. The van der Waals surface area contributed by atoms with Crippen LogP contribution < -0.4 is 0 Å². The molecule has 0 aliphatic heterocycles. The predicted molar refractivity (Wildman–Crippen MR) is 57.8 cm³/mol. The molecule has 0 aliphatic carbocycles. The largest absolute Gasteiger partial charge is 0.481 e. The molecule has 6 heteroatoms. The molecule has 1 aromatic rings. The zero-order valence-corrected chi connectivity index (χ0v) is 9.84. The van der Waals surface area contributed by atoms with Gasteiger partial charge in [0.05, 0.1) is 5.92 Å². The van der Waals surface area contributed by atoms with Crippen LogP contribution in [-0.2, 0) is 4.79 Å². The first kappa shape index (κ1) is 12.6. The molecule has 0 amide bonds. The van der Waals surface area contributed by atoms with E-state index < -0.39 is 11.9 Å². The number of aromatic amines is 1. The van der Waals surface area contributed by atoms with Crippen molar-refractivity contribution in [3.63, 3.8) is 0 Å². The van der Waals surface area contributed by atoms with E-state index in [1.165, 1.54) is 0 Å². The molecular formula is C10H18N4O2. The standard InChI is InChI=1S/C10H18N4O2/c1-6(2)4-5-8(10(15)16)7(3)9-11-13-14-12-9/h6-8H,4-5H2,1-3H3,(H,15,16)(H,11,12,13,14). The van der Waals surface area contributed by atoms with Crippen molar-refractivity contribution in [3.8, 4) is 0 Å². The molecule has 1 rings (SSSR count). The molecule has 0 fully saturated rings. The minimum absolute atomic E-state index is 0.213. The van der Waals surface area contributed by atoms with Crippen molar-refractivity contribution in [2.75, 3.05) is 0 Å². The third-order valence-corrected chi connectivity index (χ3v) is 2.74. The van der Waals surface area contributed by atoms with Gasteiger partial charge in [0.15, 0.2) is 5.82 Å². The summed E-state index contributed by atoms with van der Waals surface area (Å²) in [5.41, 5.74) is 0. The highest BCUT2D eigenvalue weighted by Crippen LogP contribution is 2.26. The number of carbonyl (C=O) groups is 1. The zero-order valence-electron chi connectivity index (χ0n) is 9.84. The molecule has 0 spiro atoms. The van der Waals surface area contributed by atoms with Gasteiger partial charge < -0.3 is 5.11 Å². The summed E-state index contributed by atoms with van der Waals surface area (Å²) in [4.78, 5) is 11.2. The van der Waals surface area contributed by atoms with Crippen LogP contribution in [0, 0.1) is 11.8 Å². The lowest BCUT2D eigenvalue weighted by Crippen LogP contribution is -2.21. The maximum Gasteiger partial charge on any atom is 0.307 e. The lowest BCUT2D eigenvalue weighted by atomic mass is 9.87. The van der Waals surface area contributed by atoms with E-state index in [9.17, 15) is 4.79 Å². The molecule has 0 saturated carbocycles. The van der Waals surface area contributed by atoms with E-state index in [0.29, 0.717) is 18.2 Å². The normalized spacial score (nSPS) is 15.0. The monoisotopic (exact) mass is 226 g/mol. The summed E-state index contributed by atoms with van der Waals surface area (Å²) >= 11 is 0. The Balaban J connectivity index is 2.66. The van der Waals surface area contributed by atoms with Crippen molar-refractivity contribution in [2.45, 2.75) is 39.5 Å². The number of H-pyrrole nitrogens is 1. The maximum atomic E-state index is 11.2. The Morgan fingerprint density at radius 3 is 2.50 bits per heavy atom. The van der Waals surface area contributed by atoms with Crippen LogP contribution in [0.15, 0.2) is 0 Å². The van der Waals surface area contributed by atoms with Gasteiger partial charge in [0, 0.05) is 5.92 Å². The van der Waals surface area contributed by atoms with Gasteiger partial charge in [0.1, 0.15) is 0 Å². The topological polar surface area (TPSA) is 91.8 Å². The number of carboxylic acids is 1. The molecule has 2 atom stereocenters. The first-order valence-electron chi connectivity index (χ1n) is 5.48. The average molecular weight is 226 g/mol. The quantitative estimate of drug-likeness (QED) is 0.765. The molecule has 90 valence electrons. The summed E-state index contributed by atoms with van der Waals surface area (Å²) in [6.45, 7) is 5.99. The van der Waals surface area contributed by atoms with Crippen molar-refractivity contribution in [2.24, 2.45) is 11.8 Å². The first-order valence-corrected chi connectivity index (χ1v) is 5.48. The summed E-state index contributed by atoms with van der Waals surface area (Å²) < 4.78 is 0. The second-order valence-electron chi connectivity index (χ2n) is 4.47. The van der Waals surface area contributed by atoms with Crippen molar-refractivity contribution < 1.29 is 9.90 Å². The van der Waals surface area contributed by atoms with Crippen LogP contribution in [0.2, 0.25) is 0 Å². The van der Waals surface area contributed by atoms with E-state index in [0.717, 1.165) is 6.42 Å². The predicted octanol–water partition coefficient (Wildman–Crippen LogP) is 1.44. The highest BCUT2D eigenvalue weighted by atomic mass is 16.4. The van der Waals surface area contributed by atoms with Gasteiger partial charge in [-0.25, -0.2) is 0 Å². The molecule has 0 radical (unpaired) electrons. The summed E-state index contributed by atoms with van der Waals surface area (Å²) in [6.07, 6.45) is 1.53. The Morgan fingerprint density at radius 2 is 2.06 bits per heavy atom. The number of carboxylic acid groups (broad SMARTS) is 1. The maximum absolute atomic E-state index is 11.2. The van der Waals surface area contributed by atoms with E-state index >= 15 is 0 Å². The second kappa shape index (κ2) is 5.58. The van der Waals surface area contributed by atoms with Gasteiger partial charge >= 0.3 is 5.97 Å². The Hall–Kier alpha value is -1.46. The van der Waals surface area contributed by atoms with Gasteiger partial charge in [-0.2, -0.15) is 5.21 Å². The molecule has 0 bridgehead atoms. The Labute approximate surface area is 94.4 Å². The van der Waals surface area contributed by atoms with Gasteiger partial charge in [0.25, 0.3) is 0 Å².